The molecule has 0 saturated heterocycles. The van der Waals surface area contributed by atoms with Crippen molar-refractivity contribution in [1.29, 1.82) is 0 Å². The summed E-state index contributed by atoms with van der Waals surface area (Å²) in [7, 11) is 0. The van der Waals surface area contributed by atoms with Crippen molar-refractivity contribution >= 4 is 22.1 Å². The van der Waals surface area contributed by atoms with Gasteiger partial charge in [0.15, 0.2) is 11.3 Å². The molecule has 1 aromatic carbocycles. The van der Waals surface area contributed by atoms with Crippen molar-refractivity contribution in [2.75, 3.05) is 0 Å². The highest BCUT2D eigenvalue weighted by atomic mass is 16.1. The second-order valence-electron chi connectivity index (χ2n) is 6.93. The molecule has 1 fully saturated rings. The number of rotatable bonds is 2. The Morgan fingerprint density at radius 2 is 1.88 bits per heavy atom. The molecule has 5 rings (SSSR count). The quantitative estimate of drug-likeness (QED) is 0.599. The summed E-state index contributed by atoms with van der Waals surface area (Å²) >= 11 is 0. The molecule has 0 radical (unpaired) electrons. The lowest BCUT2D eigenvalue weighted by molar-refractivity contribution is 0.352. The van der Waals surface area contributed by atoms with E-state index in [4.69, 9.17) is 4.98 Å². The van der Waals surface area contributed by atoms with Crippen molar-refractivity contribution in [2.24, 2.45) is 0 Å². The summed E-state index contributed by atoms with van der Waals surface area (Å²) in [6.07, 6.45) is 11.0. The van der Waals surface area contributed by atoms with Crippen molar-refractivity contribution in [3.05, 3.63) is 53.3 Å². The molecule has 0 spiro atoms. The molecule has 26 heavy (non-hydrogen) atoms. The predicted octanol–water partition coefficient (Wildman–Crippen LogP) is 3.84. The van der Waals surface area contributed by atoms with Gasteiger partial charge in [-0.25, -0.2) is 14.8 Å². The molecule has 1 N–H and O–H groups in total. The van der Waals surface area contributed by atoms with Gasteiger partial charge in [0, 0.05) is 29.4 Å². The van der Waals surface area contributed by atoms with Gasteiger partial charge >= 0.3 is 5.69 Å². The number of nitrogens with zero attached hydrogens (tertiary/aromatic N) is 4. The fourth-order valence-electron chi connectivity index (χ4n) is 4.02. The van der Waals surface area contributed by atoms with Crippen LogP contribution in [0.15, 0.2) is 47.7 Å². The predicted molar refractivity (Wildman–Crippen MR) is 101 cm³/mol. The molecule has 6 heteroatoms. The summed E-state index contributed by atoms with van der Waals surface area (Å²) in [6, 6.07) is 8.30. The molecule has 0 bridgehead atoms. The average molecular weight is 345 g/mol. The van der Waals surface area contributed by atoms with E-state index in [9.17, 15) is 4.79 Å². The molecule has 0 aliphatic heterocycles. The Morgan fingerprint density at radius 1 is 1.04 bits per heavy atom. The molecular formula is C20H19N5O. The van der Waals surface area contributed by atoms with E-state index >= 15 is 0 Å². The van der Waals surface area contributed by atoms with Gasteiger partial charge in [-0.2, -0.15) is 0 Å². The van der Waals surface area contributed by atoms with Crippen LogP contribution in [0.3, 0.4) is 0 Å². The third-order valence-electron chi connectivity index (χ3n) is 5.31. The molecule has 3 heterocycles. The molecule has 0 amide bonds. The molecule has 1 saturated carbocycles. The highest BCUT2D eigenvalue weighted by Crippen LogP contribution is 2.30. The van der Waals surface area contributed by atoms with Gasteiger partial charge < -0.3 is 0 Å². The van der Waals surface area contributed by atoms with E-state index in [1.807, 2.05) is 35.2 Å². The van der Waals surface area contributed by atoms with Crippen LogP contribution in [-0.2, 0) is 0 Å². The lowest BCUT2D eigenvalue weighted by Gasteiger charge is -2.22. The van der Waals surface area contributed by atoms with Crippen LogP contribution >= 0.6 is 0 Å². The first-order valence-electron chi connectivity index (χ1n) is 9.11. The summed E-state index contributed by atoms with van der Waals surface area (Å²) in [5.74, 6) is 0. The van der Waals surface area contributed by atoms with Crippen LogP contribution in [0.5, 0.6) is 0 Å². The molecular weight excluding hydrogens is 326 g/mol. The van der Waals surface area contributed by atoms with Crippen molar-refractivity contribution in [3.8, 4) is 11.3 Å². The number of hydrogen-bond acceptors (Lipinski definition) is 4. The number of benzene rings is 1. The molecule has 1 aliphatic carbocycles. The van der Waals surface area contributed by atoms with Gasteiger partial charge in [0.1, 0.15) is 0 Å². The van der Waals surface area contributed by atoms with Crippen molar-refractivity contribution in [3.63, 3.8) is 0 Å². The van der Waals surface area contributed by atoms with Crippen LogP contribution in [0.25, 0.3) is 33.3 Å². The Kier molecular flexibility index (Phi) is 3.55. The highest BCUT2D eigenvalue weighted by molar-refractivity contribution is 5.95. The van der Waals surface area contributed by atoms with E-state index in [0.717, 1.165) is 47.7 Å². The van der Waals surface area contributed by atoms with E-state index in [-0.39, 0.29) is 11.7 Å². The van der Waals surface area contributed by atoms with Crippen LogP contribution in [-0.4, -0.2) is 24.5 Å². The first-order chi connectivity index (χ1) is 12.8. The first-order valence-corrected chi connectivity index (χ1v) is 9.11. The highest BCUT2D eigenvalue weighted by Gasteiger charge is 2.21. The lowest BCUT2D eigenvalue weighted by atomic mass is 9.95. The fourth-order valence-corrected chi connectivity index (χ4v) is 4.02. The molecule has 4 aromatic rings. The lowest BCUT2D eigenvalue weighted by Crippen LogP contribution is -2.24. The topological polar surface area (TPSA) is 76.5 Å². The Hall–Kier alpha value is -3.02. The largest absolute Gasteiger partial charge is 0.329 e. The standard InChI is InChI=1S/C20H19N5O/c26-20-24-18-19(25(20)14-7-2-1-3-8-14)23-17(12-22-18)16-11-21-10-13-6-4-5-9-15(13)16/h4-6,9-12,14H,1-3,7-8H2,(H,22,24,26). The minimum absolute atomic E-state index is 0.111. The first kappa shape index (κ1) is 15.3. The van der Waals surface area contributed by atoms with Crippen LogP contribution in [0, 0.1) is 0 Å². The van der Waals surface area contributed by atoms with E-state index in [0.29, 0.717) is 11.3 Å². The Morgan fingerprint density at radius 3 is 2.77 bits per heavy atom. The molecule has 1 aliphatic rings. The number of aromatic amines is 1. The third kappa shape index (κ3) is 2.41. The third-order valence-corrected chi connectivity index (χ3v) is 5.31. The van der Waals surface area contributed by atoms with Gasteiger partial charge in [-0.3, -0.25) is 14.5 Å². The maximum absolute atomic E-state index is 12.5. The normalized spacial score (nSPS) is 15.7. The van der Waals surface area contributed by atoms with Crippen molar-refractivity contribution < 1.29 is 0 Å². The molecule has 3 aromatic heterocycles. The maximum Gasteiger partial charge on any atom is 0.329 e. The van der Waals surface area contributed by atoms with Crippen LogP contribution in [0.1, 0.15) is 38.1 Å². The van der Waals surface area contributed by atoms with E-state index in [2.05, 4.69) is 21.0 Å². The average Bonchev–Trinajstić information content (AvgIpc) is 3.03. The summed E-state index contributed by atoms with van der Waals surface area (Å²) < 4.78 is 1.81. The number of aromatic nitrogens is 5. The van der Waals surface area contributed by atoms with E-state index in [1.165, 1.54) is 6.42 Å². The number of imidazole rings is 1. The maximum atomic E-state index is 12.5. The van der Waals surface area contributed by atoms with Crippen LogP contribution in [0.4, 0.5) is 0 Å². The summed E-state index contributed by atoms with van der Waals surface area (Å²) in [5.41, 5.74) is 2.76. The second-order valence-corrected chi connectivity index (χ2v) is 6.93. The fraction of sp³-hybridized carbons (Fsp3) is 0.300. The number of hydrogen-bond donors (Lipinski definition) is 1. The number of pyridine rings is 1. The van der Waals surface area contributed by atoms with E-state index in [1.54, 1.807) is 6.20 Å². The van der Waals surface area contributed by atoms with Crippen LogP contribution in [0.2, 0.25) is 0 Å². The zero-order valence-corrected chi connectivity index (χ0v) is 14.4. The molecule has 130 valence electrons. The number of nitrogens with one attached hydrogen (secondary N) is 1. The summed E-state index contributed by atoms with van der Waals surface area (Å²) in [4.78, 5) is 29.0. The van der Waals surface area contributed by atoms with Gasteiger partial charge in [0.05, 0.1) is 11.9 Å². The van der Waals surface area contributed by atoms with Gasteiger partial charge in [-0.05, 0) is 18.2 Å². The number of H-pyrrole nitrogens is 1. The molecule has 0 atom stereocenters. The van der Waals surface area contributed by atoms with E-state index < -0.39 is 0 Å². The van der Waals surface area contributed by atoms with Gasteiger partial charge in [0.2, 0.25) is 0 Å². The van der Waals surface area contributed by atoms with Gasteiger partial charge in [-0.15, -0.1) is 0 Å². The summed E-state index contributed by atoms with van der Waals surface area (Å²) in [6.45, 7) is 0. The van der Waals surface area contributed by atoms with Crippen LogP contribution < -0.4 is 5.69 Å². The zero-order chi connectivity index (χ0) is 17.5. The smallest absolute Gasteiger partial charge is 0.289 e. The minimum atomic E-state index is -0.111. The Labute approximate surface area is 149 Å². The Balaban J connectivity index is 1.71. The zero-order valence-electron chi connectivity index (χ0n) is 14.4. The SMILES string of the molecule is O=c1[nH]c2ncc(-c3cncc4ccccc34)nc2n1C1CCCCC1. The number of fused-ring (bicyclic) bond motifs is 2. The van der Waals surface area contributed by atoms with Gasteiger partial charge in [0.25, 0.3) is 0 Å². The second kappa shape index (κ2) is 6.05. The Bertz CT molecular complexity index is 1150. The molecule has 0 unspecified atom stereocenters. The van der Waals surface area contributed by atoms with Crippen molar-refractivity contribution in [1.82, 2.24) is 24.5 Å². The van der Waals surface area contributed by atoms with Crippen molar-refractivity contribution in [2.45, 2.75) is 38.1 Å². The monoisotopic (exact) mass is 345 g/mol. The minimum Gasteiger partial charge on any atom is -0.289 e. The van der Waals surface area contributed by atoms with Gasteiger partial charge in [-0.1, -0.05) is 43.5 Å². The summed E-state index contributed by atoms with van der Waals surface area (Å²) in [5, 5.41) is 2.14. The molecule has 6 nitrogen and oxygen atoms in total.